The summed E-state index contributed by atoms with van der Waals surface area (Å²) in [5.74, 6) is -0.770. The number of nitrogens with zero attached hydrogens (tertiary/aromatic N) is 1. The molecule has 0 amide bonds. The van der Waals surface area contributed by atoms with Gasteiger partial charge >= 0.3 is 5.97 Å². The fourth-order valence-electron chi connectivity index (χ4n) is 1.64. The van der Waals surface area contributed by atoms with E-state index in [0.29, 0.717) is 17.3 Å². The normalized spacial score (nSPS) is 11.3. The van der Waals surface area contributed by atoms with Crippen LogP contribution in [0.5, 0.6) is 0 Å². The molecule has 0 radical (unpaired) electrons. The predicted octanol–water partition coefficient (Wildman–Crippen LogP) is 2.51. The molecular formula is C12H17BrN2O3. The minimum atomic E-state index is -1.05. The molecule has 1 aromatic rings. The van der Waals surface area contributed by atoms with Gasteiger partial charge in [0.25, 0.3) is 0 Å². The third-order valence-corrected chi connectivity index (χ3v) is 3.56. The maximum atomic E-state index is 11.2. The molecule has 0 saturated heterocycles. The van der Waals surface area contributed by atoms with Gasteiger partial charge < -0.3 is 15.5 Å². The number of pyridine rings is 1. The third-order valence-electron chi connectivity index (χ3n) is 3.12. The lowest BCUT2D eigenvalue weighted by Crippen LogP contribution is -2.41. The Morgan fingerprint density at radius 2 is 2.11 bits per heavy atom. The van der Waals surface area contributed by atoms with E-state index in [9.17, 15) is 9.90 Å². The third kappa shape index (κ3) is 3.20. The summed E-state index contributed by atoms with van der Waals surface area (Å²) in [6, 6.07) is 1.49. The quantitative estimate of drug-likeness (QED) is 0.751. The highest BCUT2D eigenvalue weighted by Gasteiger charge is 2.27. The number of carboxylic acid groups (broad SMARTS) is 1. The molecule has 1 rings (SSSR count). The molecule has 0 saturated carbocycles. The smallest absolute Gasteiger partial charge is 0.339 e. The van der Waals surface area contributed by atoms with Crippen molar-refractivity contribution in [1.29, 1.82) is 0 Å². The van der Waals surface area contributed by atoms with Crippen molar-refractivity contribution < 1.29 is 15.0 Å². The first-order chi connectivity index (χ1) is 8.48. The van der Waals surface area contributed by atoms with Crippen LogP contribution in [0.25, 0.3) is 0 Å². The molecule has 0 fully saturated rings. The van der Waals surface area contributed by atoms with Crippen molar-refractivity contribution in [2.24, 2.45) is 0 Å². The highest BCUT2D eigenvalue weighted by atomic mass is 79.9. The number of aromatic carboxylic acids is 1. The van der Waals surface area contributed by atoms with Crippen LogP contribution in [0.15, 0.2) is 16.7 Å². The largest absolute Gasteiger partial charge is 0.478 e. The van der Waals surface area contributed by atoms with Crippen LogP contribution < -0.4 is 5.32 Å². The first kappa shape index (κ1) is 14.9. The molecule has 0 aliphatic rings. The second kappa shape index (κ2) is 6.15. The van der Waals surface area contributed by atoms with Gasteiger partial charge in [0.05, 0.1) is 12.1 Å². The average Bonchev–Trinajstić information content (AvgIpc) is 2.37. The van der Waals surface area contributed by atoms with Gasteiger partial charge in [-0.25, -0.2) is 9.78 Å². The first-order valence-corrected chi connectivity index (χ1v) is 6.55. The monoisotopic (exact) mass is 316 g/mol. The zero-order valence-corrected chi connectivity index (χ0v) is 12.0. The van der Waals surface area contributed by atoms with Crippen molar-refractivity contribution in [2.45, 2.75) is 32.2 Å². The number of hydrogen-bond acceptors (Lipinski definition) is 4. The molecule has 1 aromatic heterocycles. The van der Waals surface area contributed by atoms with Crippen LogP contribution in [0, 0.1) is 0 Å². The van der Waals surface area contributed by atoms with Crippen LogP contribution in [-0.4, -0.2) is 33.3 Å². The Labute approximate surface area is 114 Å². The van der Waals surface area contributed by atoms with E-state index in [4.69, 9.17) is 5.11 Å². The van der Waals surface area contributed by atoms with Gasteiger partial charge in [0.2, 0.25) is 0 Å². The van der Waals surface area contributed by atoms with Gasteiger partial charge in [-0.3, -0.25) is 0 Å². The van der Waals surface area contributed by atoms with Crippen LogP contribution >= 0.6 is 15.9 Å². The maximum Gasteiger partial charge on any atom is 0.339 e. The van der Waals surface area contributed by atoms with Crippen molar-refractivity contribution in [1.82, 2.24) is 4.98 Å². The zero-order valence-electron chi connectivity index (χ0n) is 10.4. The van der Waals surface area contributed by atoms with Gasteiger partial charge in [-0.1, -0.05) is 13.8 Å². The fourth-order valence-corrected chi connectivity index (χ4v) is 1.97. The minimum Gasteiger partial charge on any atom is -0.478 e. The van der Waals surface area contributed by atoms with Gasteiger partial charge in [0.1, 0.15) is 11.4 Å². The van der Waals surface area contributed by atoms with Crippen LogP contribution in [0.1, 0.15) is 37.0 Å². The predicted molar refractivity (Wildman–Crippen MR) is 72.9 cm³/mol. The van der Waals surface area contributed by atoms with E-state index < -0.39 is 11.5 Å². The minimum absolute atomic E-state index is 0.0726. The number of carboxylic acids is 1. The number of rotatable bonds is 6. The Morgan fingerprint density at radius 3 is 2.56 bits per heavy atom. The number of aliphatic hydroxyl groups is 1. The lowest BCUT2D eigenvalue weighted by atomic mass is 9.93. The van der Waals surface area contributed by atoms with Gasteiger partial charge in [0.15, 0.2) is 0 Å². The standard InChI is InChI=1S/C12H17BrN2O3/c1-3-12(4-2,7-16)15-10-9(11(17)18)5-8(13)6-14-10/h5-6,16H,3-4,7H2,1-2H3,(H,14,15)(H,17,18). The van der Waals surface area contributed by atoms with Crippen molar-refractivity contribution in [3.63, 3.8) is 0 Å². The zero-order chi connectivity index (χ0) is 13.8. The summed E-state index contributed by atoms with van der Waals surface area (Å²) in [6.45, 7) is 3.80. The summed E-state index contributed by atoms with van der Waals surface area (Å²) in [5.41, 5.74) is -0.450. The molecule has 0 bridgehead atoms. The number of anilines is 1. The molecule has 6 heteroatoms. The number of aliphatic hydroxyl groups excluding tert-OH is 1. The topological polar surface area (TPSA) is 82.5 Å². The highest BCUT2D eigenvalue weighted by Crippen LogP contribution is 2.25. The fraction of sp³-hybridized carbons (Fsp3) is 0.500. The van der Waals surface area contributed by atoms with Crippen molar-refractivity contribution >= 4 is 27.7 Å². The number of halogens is 1. The first-order valence-electron chi connectivity index (χ1n) is 5.76. The SMILES string of the molecule is CCC(CC)(CO)Nc1ncc(Br)cc1C(=O)O. The van der Waals surface area contributed by atoms with Crippen LogP contribution in [-0.2, 0) is 0 Å². The van der Waals surface area contributed by atoms with E-state index in [2.05, 4.69) is 26.2 Å². The molecule has 0 atom stereocenters. The Hall–Kier alpha value is -1.14. The van der Waals surface area contributed by atoms with Gasteiger partial charge in [-0.15, -0.1) is 0 Å². The molecule has 0 spiro atoms. The molecule has 5 nitrogen and oxygen atoms in total. The molecule has 0 unspecified atom stereocenters. The van der Waals surface area contributed by atoms with Crippen LogP contribution in [0.4, 0.5) is 5.82 Å². The van der Waals surface area contributed by atoms with Crippen molar-refractivity contribution in [3.05, 3.63) is 22.3 Å². The lowest BCUT2D eigenvalue weighted by molar-refractivity contribution is 0.0697. The molecule has 0 aliphatic heterocycles. The molecule has 0 aliphatic carbocycles. The summed E-state index contributed by atoms with van der Waals surface area (Å²) in [5, 5.41) is 21.7. The molecule has 3 N–H and O–H groups in total. The van der Waals surface area contributed by atoms with Gasteiger partial charge in [-0.2, -0.15) is 0 Å². The average molecular weight is 317 g/mol. The highest BCUT2D eigenvalue weighted by molar-refractivity contribution is 9.10. The van der Waals surface area contributed by atoms with E-state index in [0.717, 1.165) is 0 Å². The van der Waals surface area contributed by atoms with Crippen LogP contribution in [0.2, 0.25) is 0 Å². The molecule has 0 aromatic carbocycles. The molecule has 100 valence electrons. The summed E-state index contributed by atoms with van der Waals surface area (Å²) < 4.78 is 0.605. The van der Waals surface area contributed by atoms with Gasteiger partial charge in [-0.05, 0) is 34.8 Å². The van der Waals surface area contributed by atoms with E-state index in [1.165, 1.54) is 12.3 Å². The van der Waals surface area contributed by atoms with Crippen molar-refractivity contribution in [3.8, 4) is 0 Å². The Bertz CT molecular complexity index is 425. The van der Waals surface area contributed by atoms with Crippen LogP contribution in [0.3, 0.4) is 0 Å². The second-order valence-electron chi connectivity index (χ2n) is 4.13. The lowest BCUT2D eigenvalue weighted by Gasteiger charge is -2.31. The number of carbonyl (C=O) groups is 1. The molecule has 18 heavy (non-hydrogen) atoms. The van der Waals surface area contributed by atoms with Gasteiger partial charge in [0, 0.05) is 10.7 Å². The molecule has 1 heterocycles. The van der Waals surface area contributed by atoms with Crippen molar-refractivity contribution in [2.75, 3.05) is 11.9 Å². The Morgan fingerprint density at radius 1 is 1.50 bits per heavy atom. The van der Waals surface area contributed by atoms with E-state index >= 15 is 0 Å². The number of hydrogen-bond donors (Lipinski definition) is 3. The second-order valence-corrected chi connectivity index (χ2v) is 5.04. The summed E-state index contributed by atoms with van der Waals surface area (Å²) in [4.78, 5) is 15.2. The Kier molecular flexibility index (Phi) is 5.10. The summed E-state index contributed by atoms with van der Waals surface area (Å²) in [6.07, 6.45) is 2.88. The van der Waals surface area contributed by atoms with E-state index in [1.807, 2.05) is 13.8 Å². The maximum absolute atomic E-state index is 11.2. The summed E-state index contributed by atoms with van der Waals surface area (Å²) in [7, 11) is 0. The number of aromatic nitrogens is 1. The van der Waals surface area contributed by atoms with E-state index in [-0.39, 0.29) is 18.0 Å². The number of nitrogens with one attached hydrogen (secondary N) is 1. The van der Waals surface area contributed by atoms with E-state index in [1.54, 1.807) is 0 Å². The summed E-state index contributed by atoms with van der Waals surface area (Å²) >= 11 is 3.19. The molecular weight excluding hydrogens is 300 g/mol. The Balaban J connectivity index is 3.13.